The van der Waals surface area contributed by atoms with E-state index in [0.29, 0.717) is 27.9 Å². The summed E-state index contributed by atoms with van der Waals surface area (Å²) < 4.78 is 25.3. The van der Waals surface area contributed by atoms with Crippen LogP contribution < -0.4 is 0 Å². The number of rotatable bonds is 4. The Morgan fingerprint density at radius 2 is 2.10 bits per heavy atom. The minimum absolute atomic E-state index is 0.0298. The minimum Gasteiger partial charge on any atom is -0.337 e. The number of aryl methyl sites for hydroxylation is 1. The van der Waals surface area contributed by atoms with E-state index in [9.17, 15) is 13.2 Å². The topological polar surface area (TPSA) is 72.3 Å². The summed E-state index contributed by atoms with van der Waals surface area (Å²) >= 11 is 13.6. The zero-order valence-corrected chi connectivity index (χ0v) is 19.0. The van der Waals surface area contributed by atoms with E-state index in [1.165, 1.54) is 11.3 Å². The lowest BCUT2D eigenvalue weighted by molar-refractivity contribution is 0.0752. The van der Waals surface area contributed by atoms with Crippen molar-refractivity contribution in [2.75, 3.05) is 18.6 Å². The second-order valence-corrected chi connectivity index (χ2v) is 11.4. The van der Waals surface area contributed by atoms with Crippen LogP contribution >= 0.6 is 34.5 Å². The molecule has 1 aliphatic heterocycles. The molecule has 0 aliphatic carbocycles. The van der Waals surface area contributed by atoms with Gasteiger partial charge in [-0.3, -0.25) is 9.48 Å². The SMILES string of the molecule is Cc1nn(Cc2ccc(Cl)cc2Cl)c2sc(C(=O)N(C)[C@@H]3CCS(=O)(=O)C3)cc12. The fraction of sp³-hybridized carbons (Fsp3) is 0.368. The molecule has 1 fully saturated rings. The van der Waals surface area contributed by atoms with Crippen LogP contribution in [-0.4, -0.2) is 53.6 Å². The molecule has 29 heavy (non-hydrogen) atoms. The van der Waals surface area contributed by atoms with E-state index in [0.717, 1.165) is 21.5 Å². The monoisotopic (exact) mass is 471 g/mol. The second-order valence-electron chi connectivity index (χ2n) is 7.28. The first-order valence-corrected chi connectivity index (χ1v) is 12.4. The van der Waals surface area contributed by atoms with Gasteiger partial charge < -0.3 is 4.90 Å². The smallest absolute Gasteiger partial charge is 0.264 e. The van der Waals surface area contributed by atoms with E-state index in [-0.39, 0.29) is 23.5 Å². The van der Waals surface area contributed by atoms with Crippen molar-refractivity contribution in [1.82, 2.24) is 14.7 Å². The maximum atomic E-state index is 13.0. The molecule has 1 aromatic carbocycles. The molecule has 0 radical (unpaired) electrons. The van der Waals surface area contributed by atoms with Gasteiger partial charge in [0.25, 0.3) is 5.91 Å². The molecule has 0 N–H and O–H groups in total. The fourth-order valence-corrected chi connectivity index (χ4v) is 6.94. The lowest BCUT2D eigenvalue weighted by Gasteiger charge is -2.22. The van der Waals surface area contributed by atoms with Crippen LogP contribution in [0.5, 0.6) is 0 Å². The number of hydrogen-bond acceptors (Lipinski definition) is 5. The average Bonchev–Trinajstić information content (AvgIpc) is 3.32. The van der Waals surface area contributed by atoms with Gasteiger partial charge in [0.2, 0.25) is 0 Å². The predicted molar refractivity (Wildman–Crippen MR) is 117 cm³/mol. The van der Waals surface area contributed by atoms with Crippen LogP contribution in [0.15, 0.2) is 24.3 Å². The molecule has 4 rings (SSSR count). The van der Waals surface area contributed by atoms with Gasteiger partial charge in [-0.15, -0.1) is 11.3 Å². The molecule has 0 spiro atoms. The van der Waals surface area contributed by atoms with E-state index in [4.69, 9.17) is 23.2 Å². The summed E-state index contributed by atoms with van der Waals surface area (Å²) in [7, 11) is -1.38. The molecule has 1 aliphatic rings. The van der Waals surface area contributed by atoms with Crippen molar-refractivity contribution in [2.45, 2.75) is 25.9 Å². The molecule has 154 valence electrons. The molecular weight excluding hydrogens is 453 g/mol. The maximum Gasteiger partial charge on any atom is 0.264 e. The molecule has 1 saturated heterocycles. The van der Waals surface area contributed by atoms with E-state index < -0.39 is 9.84 Å². The lowest BCUT2D eigenvalue weighted by Crippen LogP contribution is -2.37. The summed E-state index contributed by atoms with van der Waals surface area (Å²) in [5, 5.41) is 6.63. The molecule has 3 heterocycles. The Kier molecular flexibility index (Phi) is 5.40. The van der Waals surface area contributed by atoms with Gasteiger partial charge >= 0.3 is 0 Å². The Hall–Kier alpha value is -1.61. The number of halogens is 2. The normalized spacial score (nSPS) is 18.4. The minimum atomic E-state index is -3.05. The Balaban J connectivity index is 1.63. The van der Waals surface area contributed by atoms with Crippen LogP contribution in [0.25, 0.3) is 10.2 Å². The Morgan fingerprint density at radius 3 is 2.76 bits per heavy atom. The number of carbonyl (C=O) groups is 1. The Bertz CT molecular complexity index is 1220. The van der Waals surface area contributed by atoms with Gasteiger partial charge in [-0.05, 0) is 37.1 Å². The quantitative estimate of drug-likeness (QED) is 0.575. The van der Waals surface area contributed by atoms with Gasteiger partial charge in [0, 0.05) is 28.5 Å². The summed E-state index contributed by atoms with van der Waals surface area (Å²) in [5.41, 5.74) is 1.71. The molecule has 10 heteroatoms. The number of aromatic nitrogens is 2. The first-order chi connectivity index (χ1) is 13.6. The van der Waals surface area contributed by atoms with Crippen molar-refractivity contribution in [2.24, 2.45) is 0 Å². The van der Waals surface area contributed by atoms with Crippen molar-refractivity contribution in [3.8, 4) is 0 Å². The van der Waals surface area contributed by atoms with E-state index in [2.05, 4.69) is 5.10 Å². The summed E-state index contributed by atoms with van der Waals surface area (Å²) in [6, 6.07) is 6.90. The van der Waals surface area contributed by atoms with Gasteiger partial charge in [0.05, 0.1) is 28.6 Å². The third kappa shape index (κ3) is 4.03. The number of sulfone groups is 1. The molecule has 0 saturated carbocycles. The van der Waals surface area contributed by atoms with Crippen LogP contribution in [0, 0.1) is 6.92 Å². The lowest BCUT2D eigenvalue weighted by atomic mass is 10.2. The van der Waals surface area contributed by atoms with Gasteiger partial charge in [-0.25, -0.2) is 8.42 Å². The standard InChI is InChI=1S/C19H19Cl2N3O3S2/c1-11-15-8-17(18(25)23(2)14-5-6-29(26,27)10-14)28-19(15)24(22-11)9-12-3-4-13(20)7-16(12)21/h3-4,7-8,14H,5-6,9-10H2,1-2H3/t14-/m1/s1. The highest BCUT2D eigenvalue weighted by molar-refractivity contribution is 7.91. The molecule has 6 nitrogen and oxygen atoms in total. The van der Waals surface area contributed by atoms with Crippen molar-refractivity contribution in [3.05, 3.63) is 50.4 Å². The van der Waals surface area contributed by atoms with Gasteiger partial charge in [0.1, 0.15) is 4.83 Å². The molecule has 3 aromatic rings. The number of benzene rings is 1. The Labute approximate surface area is 182 Å². The number of hydrogen-bond donors (Lipinski definition) is 0. The molecule has 0 unspecified atom stereocenters. The molecule has 1 amide bonds. The number of thiophene rings is 1. The van der Waals surface area contributed by atoms with E-state index >= 15 is 0 Å². The average molecular weight is 472 g/mol. The first-order valence-electron chi connectivity index (χ1n) is 9.03. The van der Waals surface area contributed by atoms with Gasteiger partial charge in [-0.2, -0.15) is 5.10 Å². The first kappa shape index (κ1) is 20.7. The van der Waals surface area contributed by atoms with Crippen molar-refractivity contribution >= 4 is 60.5 Å². The number of amides is 1. The molecule has 2 aromatic heterocycles. The highest BCUT2D eigenvalue weighted by atomic mass is 35.5. The summed E-state index contributed by atoms with van der Waals surface area (Å²) in [6.07, 6.45) is 0.483. The van der Waals surface area contributed by atoms with Crippen LogP contribution in [0.2, 0.25) is 10.0 Å². The van der Waals surface area contributed by atoms with E-state index in [1.54, 1.807) is 24.1 Å². The fourth-order valence-electron chi connectivity index (χ4n) is 3.56. The number of fused-ring (bicyclic) bond motifs is 1. The van der Waals surface area contributed by atoms with Crippen molar-refractivity contribution in [1.29, 1.82) is 0 Å². The van der Waals surface area contributed by atoms with Crippen LogP contribution in [0.1, 0.15) is 27.3 Å². The summed E-state index contributed by atoms with van der Waals surface area (Å²) in [5.74, 6) is 0.00313. The molecular formula is C19H19Cl2N3O3S2. The zero-order valence-electron chi connectivity index (χ0n) is 15.9. The Morgan fingerprint density at radius 1 is 1.34 bits per heavy atom. The maximum absolute atomic E-state index is 13.0. The highest BCUT2D eigenvalue weighted by Gasteiger charge is 2.33. The summed E-state index contributed by atoms with van der Waals surface area (Å²) in [4.78, 5) is 16.0. The van der Waals surface area contributed by atoms with Gasteiger partial charge in [-0.1, -0.05) is 29.3 Å². The van der Waals surface area contributed by atoms with Crippen molar-refractivity contribution in [3.63, 3.8) is 0 Å². The largest absolute Gasteiger partial charge is 0.337 e. The third-order valence-electron chi connectivity index (χ3n) is 5.23. The van der Waals surface area contributed by atoms with Crippen LogP contribution in [-0.2, 0) is 16.4 Å². The van der Waals surface area contributed by atoms with Gasteiger partial charge in [0.15, 0.2) is 9.84 Å². The number of nitrogens with zero attached hydrogens (tertiary/aromatic N) is 3. The molecule has 0 bridgehead atoms. The summed E-state index contributed by atoms with van der Waals surface area (Å²) in [6.45, 7) is 2.36. The zero-order chi connectivity index (χ0) is 20.9. The number of carbonyl (C=O) groups excluding carboxylic acids is 1. The molecule has 1 atom stereocenters. The third-order valence-corrected chi connectivity index (χ3v) is 8.70. The predicted octanol–water partition coefficient (Wildman–Crippen LogP) is 4.02. The van der Waals surface area contributed by atoms with Crippen LogP contribution in [0.4, 0.5) is 0 Å². The van der Waals surface area contributed by atoms with E-state index in [1.807, 2.05) is 23.7 Å². The van der Waals surface area contributed by atoms with Crippen LogP contribution in [0.3, 0.4) is 0 Å². The van der Waals surface area contributed by atoms with Crippen molar-refractivity contribution < 1.29 is 13.2 Å². The highest BCUT2D eigenvalue weighted by Crippen LogP contribution is 2.31. The second kappa shape index (κ2) is 7.58.